The first-order valence-corrected chi connectivity index (χ1v) is 4.54. The van der Waals surface area contributed by atoms with E-state index in [1.165, 1.54) is 0 Å². The predicted molar refractivity (Wildman–Crippen MR) is 57.7 cm³/mol. The van der Waals surface area contributed by atoms with E-state index in [1.807, 2.05) is 50.6 Å². The molecule has 0 aliphatic rings. The van der Waals surface area contributed by atoms with Gasteiger partial charge in [-0.3, -0.25) is 12.6 Å². The van der Waals surface area contributed by atoms with E-state index >= 15 is 0 Å². The number of hydrogen-bond donors (Lipinski definition) is 0. The van der Waals surface area contributed by atoms with Gasteiger partial charge in [-0.25, -0.2) is 0 Å². The zero-order chi connectivity index (χ0) is 11.4. The van der Waals surface area contributed by atoms with E-state index in [1.54, 1.807) is 0 Å². The molecule has 0 aliphatic heterocycles. The maximum atomic E-state index is 9.56. The van der Waals surface area contributed by atoms with Gasteiger partial charge in [0.25, 0.3) is 0 Å². The van der Waals surface area contributed by atoms with Crippen LogP contribution in [0.25, 0.3) is 0 Å². The minimum absolute atomic E-state index is 0. The molecule has 0 bridgehead atoms. The molecular formula is C10H20CuN2O2. The van der Waals surface area contributed by atoms with Crippen LogP contribution in [0.5, 0.6) is 0 Å². The van der Waals surface area contributed by atoms with E-state index in [0.717, 1.165) is 13.1 Å². The summed E-state index contributed by atoms with van der Waals surface area (Å²) in [6.45, 7) is 1.62. The molecule has 0 spiro atoms. The fraction of sp³-hybridized carbons (Fsp3) is 0.800. The van der Waals surface area contributed by atoms with Crippen molar-refractivity contribution < 1.29 is 26.7 Å². The Morgan fingerprint density at radius 2 is 1.07 bits per heavy atom. The largest absolute Gasteiger partial charge is 2.00 e. The van der Waals surface area contributed by atoms with Crippen LogP contribution in [0.4, 0.5) is 0 Å². The molecule has 0 aromatic carbocycles. The molecule has 0 fully saturated rings. The van der Waals surface area contributed by atoms with Gasteiger partial charge in [-0.15, -0.1) is 12.8 Å². The molecule has 5 heteroatoms. The molecular weight excluding hydrogens is 244 g/mol. The van der Waals surface area contributed by atoms with Gasteiger partial charge in [0, 0.05) is 0 Å². The average molecular weight is 264 g/mol. The molecule has 0 unspecified atom stereocenters. The number of rotatable bonds is 6. The Bertz CT molecular complexity index is 125. The maximum absolute atomic E-state index is 9.56. The van der Waals surface area contributed by atoms with Crippen molar-refractivity contribution >= 4 is 12.6 Å². The van der Waals surface area contributed by atoms with Crippen molar-refractivity contribution in [3.05, 3.63) is 0 Å². The van der Waals surface area contributed by atoms with Gasteiger partial charge >= 0.3 is 17.1 Å². The summed E-state index contributed by atoms with van der Waals surface area (Å²) in [5.41, 5.74) is 0. The smallest absolute Gasteiger partial charge is 0.542 e. The molecule has 0 saturated carbocycles. The molecule has 15 heavy (non-hydrogen) atoms. The van der Waals surface area contributed by atoms with E-state index in [-0.39, 0.29) is 17.1 Å². The van der Waals surface area contributed by atoms with E-state index in [9.17, 15) is 9.59 Å². The fourth-order valence-electron chi connectivity index (χ4n) is 0.539. The van der Waals surface area contributed by atoms with Gasteiger partial charge in [0.15, 0.2) is 0 Å². The average Bonchev–Trinajstić information content (AvgIpc) is 2.12. The Balaban J connectivity index is -0.000000180. The summed E-state index contributed by atoms with van der Waals surface area (Å²) in [6, 6.07) is 0. The Labute approximate surface area is 103 Å². The maximum Gasteiger partial charge on any atom is 2.00 e. The molecule has 0 aromatic rings. The van der Waals surface area contributed by atoms with Crippen LogP contribution < -0.4 is 0 Å². The standard InChI is InChI=1S/2C5H10NO.Cu/c2*1-6(2)4-3-5-7;/h2*3-4H2,1-2H3;/q2*-1;+2. The van der Waals surface area contributed by atoms with Crippen LogP contribution in [0, 0.1) is 0 Å². The third-order valence-electron chi connectivity index (χ3n) is 1.32. The molecule has 1 radical (unpaired) electrons. The van der Waals surface area contributed by atoms with Crippen molar-refractivity contribution in [2.24, 2.45) is 0 Å². The van der Waals surface area contributed by atoms with E-state index in [0.29, 0.717) is 12.8 Å². The molecule has 93 valence electrons. The van der Waals surface area contributed by atoms with Gasteiger partial charge in [0.1, 0.15) is 0 Å². The van der Waals surface area contributed by atoms with Gasteiger partial charge in [-0.2, -0.15) is 0 Å². The first-order chi connectivity index (χ1) is 6.54. The van der Waals surface area contributed by atoms with Gasteiger partial charge in [0.2, 0.25) is 0 Å². The second-order valence-corrected chi connectivity index (χ2v) is 3.40. The summed E-state index contributed by atoms with van der Waals surface area (Å²) in [7, 11) is 7.71. The van der Waals surface area contributed by atoms with Crippen molar-refractivity contribution in [3.8, 4) is 0 Å². The van der Waals surface area contributed by atoms with Crippen LogP contribution in [-0.4, -0.2) is 63.7 Å². The van der Waals surface area contributed by atoms with Crippen molar-refractivity contribution in [2.45, 2.75) is 12.8 Å². The van der Waals surface area contributed by atoms with Crippen LogP contribution in [-0.2, 0) is 26.7 Å². The zero-order valence-corrected chi connectivity index (χ0v) is 10.8. The van der Waals surface area contributed by atoms with Crippen molar-refractivity contribution in [1.29, 1.82) is 0 Å². The topological polar surface area (TPSA) is 40.6 Å². The minimum Gasteiger partial charge on any atom is -0.542 e. The third-order valence-corrected chi connectivity index (χ3v) is 1.32. The normalized spacial score (nSPS) is 8.93. The van der Waals surface area contributed by atoms with E-state index in [4.69, 9.17) is 0 Å². The first-order valence-electron chi connectivity index (χ1n) is 4.54. The third kappa shape index (κ3) is 31.6. The molecule has 0 atom stereocenters. The molecule has 0 amide bonds. The number of hydrogen-bond acceptors (Lipinski definition) is 4. The van der Waals surface area contributed by atoms with Crippen LogP contribution in [0.2, 0.25) is 0 Å². The van der Waals surface area contributed by atoms with Crippen molar-refractivity contribution in [2.75, 3.05) is 41.3 Å². The monoisotopic (exact) mass is 263 g/mol. The minimum atomic E-state index is 0. The van der Waals surface area contributed by atoms with Gasteiger partial charge in [-0.1, -0.05) is 0 Å². The molecule has 0 aliphatic carbocycles. The Hall–Kier alpha value is -0.221. The Morgan fingerprint density at radius 1 is 0.800 bits per heavy atom. The number of carbonyl (C=O) groups excluding carboxylic acids is 2. The van der Waals surface area contributed by atoms with E-state index in [2.05, 4.69) is 0 Å². The van der Waals surface area contributed by atoms with Crippen LogP contribution in [0.1, 0.15) is 12.8 Å². The summed E-state index contributed by atoms with van der Waals surface area (Å²) in [5, 5.41) is 0. The zero-order valence-electron chi connectivity index (χ0n) is 9.84. The second-order valence-electron chi connectivity index (χ2n) is 3.40. The molecule has 0 N–H and O–H groups in total. The van der Waals surface area contributed by atoms with E-state index < -0.39 is 0 Å². The summed E-state index contributed by atoms with van der Waals surface area (Å²) in [6.07, 6.45) is 4.66. The summed E-state index contributed by atoms with van der Waals surface area (Å²) in [5.74, 6) is 0. The van der Waals surface area contributed by atoms with Crippen LogP contribution >= 0.6 is 0 Å². The summed E-state index contributed by atoms with van der Waals surface area (Å²) >= 11 is 0. The first kappa shape index (κ1) is 20.2. The van der Waals surface area contributed by atoms with Gasteiger partial charge in [0.05, 0.1) is 0 Å². The molecule has 0 heterocycles. The molecule has 0 rings (SSSR count). The van der Waals surface area contributed by atoms with Gasteiger partial charge in [-0.05, 0) is 41.3 Å². The summed E-state index contributed by atoms with van der Waals surface area (Å²) in [4.78, 5) is 23.0. The molecule has 0 aromatic heterocycles. The van der Waals surface area contributed by atoms with Crippen molar-refractivity contribution in [1.82, 2.24) is 9.80 Å². The predicted octanol–water partition coefficient (Wildman–Crippen LogP) is 0.0931. The SMILES string of the molecule is CN(C)CC[C-]=O.CN(C)CC[C-]=O.[Cu+2]. The quantitative estimate of drug-likeness (QED) is 0.503. The fourth-order valence-corrected chi connectivity index (χ4v) is 0.539. The van der Waals surface area contributed by atoms with Crippen molar-refractivity contribution in [3.63, 3.8) is 0 Å². The van der Waals surface area contributed by atoms with Crippen LogP contribution in [0.15, 0.2) is 0 Å². The van der Waals surface area contributed by atoms with Gasteiger partial charge < -0.3 is 19.4 Å². The second kappa shape index (κ2) is 16.2. The molecule has 0 saturated heterocycles. The Morgan fingerprint density at radius 3 is 1.13 bits per heavy atom. The number of nitrogens with zero attached hydrogens (tertiary/aromatic N) is 2. The molecule has 4 nitrogen and oxygen atoms in total. The Kier molecular flexibility index (Phi) is 21.9. The van der Waals surface area contributed by atoms with Crippen LogP contribution in [0.3, 0.4) is 0 Å². The summed E-state index contributed by atoms with van der Waals surface area (Å²) < 4.78 is 0.